The van der Waals surface area contributed by atoms with Crippen LogP contribution < -0.4 is 9.46 Å². The summed E-state index contributed by atoms with van der Waals surface area (Å²) in [7, 11) is -2.20. The van der Waals surface area contributed by atoms with Crippen molar-refractivity contribution in [2.24, 2.45) is 0 Å². The van der Waals surface area contributed by atoms with Gasteiger partial charge >= 0.3 is 12.1 Å². The van der Waals surface area contributed by atoms with Crippen LogP contribution in [0, 0.1) is 6.92 Å². The van der Waals surface area contributed by atoms with Gasteiger partial charge in [0, 0.05) is 17.6 Å². The fourth-order valence-electron chi connectivity index (χ4n) is 4.14. The van der Waals surface area contributed by atoms with E-state index in [1.165, 1.54) is 4.57 Å². The first-order valence-electron chi connectivity index (χ1n) is 12.5. The van der Waals surface area contributed by atoms with E-state index in [1.807, 2.05) is 6.92 Å². The highest BCUT2D eigenvalue weighted by atomic mass is 32.2. The highest BCUT2D eigenvalue weighted by Gasteiger charge is 2.27. The lowest BCUT2D eigenvalue weighted by Crippen LogP contribution is -2.29. The van der Waals surface area contributed by atoms with Crippen LogP contribution in [0.25, 0.3) is 10.9 Å². The van der Waals surface area contributed by atoms with Crippen LogP contribution in [0.4, 0.5) is 4.79 Å². The number of fused-ring (bicyclic) bond motifs is 1. The molecule has 3 aromatic rings. The number of nitrogens with zero attached hydrogens (tertiary/aromatic N) is 1. The van der Waals surface area contributed by atoms with E-state index in [2.05, 4.69) is 4.72 Å². The Labute approximate surface area is 224 Å². The SMILES string of the molecule is CCOC(=O)CCc1c(CCNS(=O)(=O)c2ccc(C)cc2)c2cc(OC)ccc2n1C(=O)OC(C)(C)C. The zero-order valence-electron chi connectivity index (χ0n) is 22.8. The van der Waals surface area contributed by atoms with Crippen molar-refractivity contribution in [2.45, 2.75) is 64.4 Å². The van der Waals surface area contributed by atoms with Gasteiger partial charge in [-0.2, -0.15) is 0 Å². The van der Waals surface area contributed by atoms with E-state index < -0.39 is 27.7 Å². The number of aryl methyl sites for hydroxylation is 1. The molecule has 38 heavy (non-hydrogen) atoms. The largest absolute Gasteiger partial charge is 0.497 e. The maximum absolute atomic E-state index is 13.4. The van der Waals surface area contributed by atoms with Gasteiger partial charge in [0.05, 0.1) is 30.5 Å². The molecule has 0 aliphatic heterocycles. The molecule has 0 fully saturated rings. The molecule has 1 heterocycles. The normalized spacial score (nSPS) is 11.9. The third-order valence-corrected chi connectivity index (χ3v) is 7.31. The minimum absolute atomic E-state index is 0.0478. The van der Waals surface area contributed by atoms with Crippen LogP contribution in [-0.2, 0) is 37.1 Å². The van der Waals surface area contributed by atoms with E-state index in [-0.39, 0.29) is 37.3 Å². The number of rotatable bonds is 10. The van der Waals surface area contributed by atoms with Crippen molar-refractivity contribution >= 4 is 33.0 Å². The predicted octanol–water partition coefficient (Wildman–Crippen LogP) is 4.76. The minimum atomic E-state index is -3.74. The topological polar surface area (TPSA) is 113 Å². The number of ether oxygens (including phenoxy) is 3. The maximum atomic E-state index is 13.4. The van der Waals surface area contributed by atoms with Crippen molar-refractivity contribution in [2.75, 3.05) is 20.3 Å². The van der Waals surface area contributed by atoms with Gasteiger partial charge in [0.25, 0.3) is 0 Å². The summed E-state index contributed by atoms with van der Waals surface area (Å²) >= 11 is 0. The van der Waals surface area contributed by atoms with Crippen LogP contribution in [0.2, 0.25) is 0 Å². The molecule has 0 spiro atoms. The Morgan fingerprint density at radius 3 is 2.32 bits per heavy atom. The van der Waals surface area contributed by atoms with E-state index in [0.717, 1.165) is 11.1 Å². The average Bonchev–Trinajstić information content (AvgIpc) is 3.14. The number of hydrogen-bond acceptors (Lipinski definition) is 7. The Morgan fingerprint density at radius 1 is 1.03 bits per heavy atom. The second-order valence-electron chi connectivity index (χ2n) is 9.89. The maximum Gasteiger partial charge on any atom is 0.419 e. The van der Waals surface area contributed by atoms with Gasteiger partial charge in [-0.25, -0.2) is 22.5 Å². The summed E-state index contributed by atoms with van der Waals surface area (Å²) in [4.78, 5) is 25.8. The van der Waals surface area contributed by atoms with Gasteiger partial charge in [-0.05, 0) is 83.4 Å². The van der Waals surface area contributed by atoms with Gasteiger partial charge in [-0.15, -0.1) is 0 Å². The number of sulfonamides is 1. The van der Waals surface area contributed by atoms with Crippen molar-refractivity contribution in [1.29, 1.82) is 0 Å². The molecule has 0 aliphatic rings. The second kappa shape index (κ2) is 12.0. The highest BCUT2D eigenvalue weighted by molar-refractivity contribution is 7.89. The molecule has 10 heteroatoms. The molecule has 0 amide bonds. The molecule has 206 valence electrons. The van der Waals surface area contributed by atoms with Gasteiger partial charge in [-0.3, -0.25) is 4.79 Å². The van der Waals surface area contributed by atoms with Crippen molar-refractivity contribution < 1.29 is 32.2 Å². The molecule has 0 aliphatic carbocycles. The summed E-state index contributed by atoms with van der Waals surface area (Å²) < 4.78 is 46.1. The zero-order valence-corrected chi connectivity index (χ0v) is 23.6. The van der Waals surface area contributed by atoms with Crippen molar-refractivity contribution in [3.05, 3.63) is 59.3 Å². The monoisotopic (exact) mass is 544 g/mol. The molecule has 9 nitrogen and oxygen atoms in total. The van der Waals surface area contributed by atoms with Gasteiger partial charge < -0.3 is 14.2 Å². The van der Waals surface area contributed by atoms with E-state index >= 15 is 0 Å². The molecule has 2 aromatic carbocycles. The first-order chi connectivity index (χ1) is 17.9. The molecule has 0 unspecified atom stereocenters. The average molecular weight is 545 g/mol. The van der Waals surface area contributed by atoms with Crippen LogP contribution in [-0.4, -0.2) is 50.9 Å². The van der Waals surface area contributed by atoms with Crippen LogP contribution >= 0.6 is 0 Å². The molecular weight excluding hydrogens is 508 g/mol. The summed E-state index contributed by atoms with van der Waals surface area (Å²) in [5.74, 6) is 0.189. The zero-order chi connectivity index (χ0) is 28.1. The molecule has 0 atom stereocenters. The third-order valence-electron chi connectivity index (χ3n) is 5.83. The number of hydrogen-bond donors (Lipinski definition) is 1. The number of carbonyl (C=O) groups excluding carboxylic acids is 2. The predicted molar refractivity (Wildman–Crippen MR) is 145 cm³/mol. The van der Waals surface area contributed by atoms with Gasteiger partial charge in [0.1, 0.15) is 11.4 Å². The summed E-state index contributed by atoms with van der Waals surface area (Å²) in [6.07, 6.45) is -0.0673. The Morgan fingerprint density at radius 2 is 1.71 bits per heavy atom. The molecule has 0 saturated heterocycles. The molecule has 0 bridgehead atoms. The number of carbonyl (C=O) groups is 2. The number of nitrogens with one attached hydrogen (secondary N) is 1. The molecular formula is C28H36N2O7S. The Balaban J connectivity index is 2.04. The Bertz CT molecular complexity index is 1400. The van der Waals surface area contributed by atoms with Gasteiger partial charge in [0.2, 0.25) is 10.0 Å². The summed E-state index contributed by atoms with van der Waals surface area (Å²) in [6.45, 7) is 9.27. The van der Waals surface area contributed by atoms with E-state index in [4.69, 9.17) is 14.2 Å². The Kier molecular flexibility index (Phi) is 9.22. The lowest BCUT2D eigenvalue weighted by molar-refractivity contribution is -0.143. The van der Waals surface area contributed by atoms with E-state index in [1.54, 1.807) is 77.3 Å². The van der Waals surface area contributed by atoms with Crippen LogP contribution in [0.5, 0.6) is 5.75 Å². The molecule has 0 radical (unpaired) electrons. The molecule has 3 rings (SSSR count). The fraction of sp³-hybridized carbons (Fsp3) is 0.429. The first-order valence-corrected chi connectivity index (χ1v) is 14.0. The number of benzene rings is 2. The van der Waals surface area contributed by atoms with Gasteiger partial charge in [-0.1, -0.05) is 17.7 Å². The quantitative estimate of drug-likeness (QED) is 0.366. The van der Waals surface area contributed by atoms with E-state index in [0.29, 0.717) is 22.3 Å². The summed E-state index contributed by atoms with van der Waals surface area (Å²) in [6, 6.07) is 11.9. The third kappa shape index (κ3) is 7.14. The molecule has 1 N–H and O–H groups in total. The van der Waals surface area contributed by atoms with Crippen LogP contribution in [0.1, 0.15) is 50.9 Å². The van der Waals surface area contributed by atoms with Crippen LogP contribution in [0.3, 0.4) is 0 Å². The highest BCUT2D eigenvalue weighted by Crippen LogP contribution is 2.32. The van der Waals surface area contributed by atoms with Crippen LogP contribution in [0.15, 0.2) is 47.4 Å². The van der Waals surface area contributed by atoms with E-state index in [9.17, 15) is 18.0 Å². The summed E-state index contributed by atoms with van der Waals surface area (Å²) in [5, 5.41) is 0.712. The van der Waals surface area contributed by atoms with Crippen molar-refractivity contribution in [3.63, 3.8) is 0 Å². The molecule has 0 saturated carbocycles. The van der Waals surface area contributed by atoms with Crippen molar-refractivity contribution in [1.82, 2.24) is 9.29 Å². The second-order valence-corrected chi connectivity index (χ2v) is 11.7. The number of methoxy groups -OCH3 is 1. The lowest BCUT2D eigenvalue weighted by atomic mass is 10.0. The van der Waals surface area contributed by atoms with Gasteiger partial charge in [0.15, 0.2) is 0 Å². The first kappa shape index (κ1) is 29.2. The number of esters is 1. The standard InChI is InChI=1S/C28H36N2O7S/c1-7-36-26(31)15-14-24-22(16-17-29-38(33,34)21-11-8-19(2)9-12-21)23-18-20(35-6)10-13-25(23)30(24)27(32)37-28(3,4)5/h8-13,18,29H,7,14-17H2,1-6H3. The minimum Gasteiger partial charge on any atom is -0.497 e. The lowest BCUT2D eigenvalue weighted by Gasteiger charge is -2.21. The smallest absolute Gasteiger partial charge is 0.419 e. The molecule has 1 aromatic heterocycles. The summed E-state index contributed by atoms with van der Waals surface area (Å²) in [5.41, 5.74) is 2.07. The van der Waals surface area contributed by atoms with Crippen molar-refractivity contribution in [3.8, 4) is 5.75 Å². The number of aromatic nitrogens is 1. The fourth-order valence-corrected chi connectivity index (χ4v) is 5.17. The Hall–Kier alpha value is -3.37.